The Kier molecular flexibility index (Phi) is 9.11. The largest absolute Gasteiger partial charge is 0.333 e. The first-order chi connectivity index (χ1) is 7.22. The van der Waals surface area contributed by atoms with Gasteiger partial charge < -0.3 is 11.2 Å². The third kappa shape index (κ3) is 6.57. The van der Waals surface area contributed by atoms with Crippen LogP contribution in [0.5, 0.6) is 0 Å². The maximum atomic E-state index is 11.0. The summed E-state index contributed by atoms with van der Waals surface area (Å²) in [4.78, 5) is 11.0. The predicted molar refractivity (Wildman–Crippen MR) is 63.7 cm³/mol. The number of hydrogen-bond acceptors (Lipinski definition) is 1. The van der Waals surface area contributed by atoms with Gasteiger partial charge in [-0.1, -0.05) is 13.0 Å². The standard InChI is InChI=1S/C13H15ClO.Y/c1-11(9-13(15)10-14)7-8-12-5-3-2-4-6-12;/h2-6,8-9,11H,7,10H2,1H3;/q-2;. The van der Waals surface area contributed by atoms with Crippen LogP contribution in [0.15, 0.2) is 30.3 Å². The molecule has 1 aromatic rings. The zero-order valence-corrected chi connectivity index (χ0v) is 13.0. The molecule has 0 aliphatic rings. The minimum Gasteiger partial charge on any atom is -0.333 e. The molecule has 0 spiro atoms. The molecule has 0 fully saturated rings. The average Bonchev–Trinajstić information content (AvgIpc) is 2.27. The van der Waals surface area contributed by atoms with E-state index in [9.17, 15) is 4.79 Å². The summed E-state index contributed by atoms with van der Waals surface area (Å²) in [6.07, 6.45) is 4.68. The Bertz CT molecular complexity index is 300. The molecule has 16 heavy (non-hydrogen) atoms. The quantitative estimate of drug-likeness (QED) is 0.582. The number of hydrogen-bond donors (Lipinski definition) is 0. The normalized spacial score (nSPS) is 11.1. The van der Waals surface area contributed by atoms with Crippen LogP contribution in [0.2, 0.25) is 0 Å². The molecule has 1 rings (SSSR count). The van der Waals surface area contributed by atoms with Crippen molar-refractivity contribution in [3.63, 3.8) is 0 Å². The summed E-state index contributed by atoms with van der Waals surface area (Å²) in [6, 6.07) is 10.1. The van der Waals surface area contributed by atoms with Crippen LogP contribution in [-0.4, -0.2) is 11.7 Å². The summed E-state index contributed by atoms with van der Waals surface area (Å²) in [5.74, 6) is 0.331. The van der Waals surface area contributed by atoms with E-state index < -0.39 is 0 Å². The van der Waals surface area contributed by atoms with Crippen molar-refractivity contribution >= 4 is 17.4 Å². The van der Waals surface area contributed by atoms with Gasteiger partial charge in [-0.25, -0.2) is 0 Å². The van der Waals surface area contributed by atoms with Gasteiger partial charge in [-0.2, -0.15) is 30.0 Å². The number of ketones is 1. The third-order valence-corrected chi connectivity index (χ3v) is 2.39. The molecule has 0 bridgehead atoms. The third-order valence-electron chi connectivity index (χ3n) is 2.13. The zero-order valence-electron chi connectivity index (χ0n) is 9.40. The molecule has 0 saturated heterocycles. The van der Waals surface area contributed by atoms with Crippen LogP contribution in [0.25, 0.3) is 0 Å². The number of alkyl halides is 1. The summed E-state index contributed by atoms with van der Waals surface area (Å²) >= 11 is 5.42. The van der Waals surface area contributed by atoms with Gasteiger partial charge in [-0.3, -0.25) is 0 Å². The average molecular weight is 312 g/mol. The van der Waals surface area contributed by atoms with Crippen molar-refractivity contribution in [1.29, 1.82) is 0 Å². The Hall–Kier alpha value is 0.0239. The van der Waals surface area contributed by atoms with Gasteiger partial charge in [0.25, 0.3) is 0 Å². The van der Waals surface area contributed by atoms with Crippen LogP contribution in [0.4, 0.5) is 0 Å². The molecule has 3 heteroatoms. The van der Waals surface area contributed by atoms with Gasteiger partial charge in [0.15, 0.2) is 0 Å². The molecule has 85 valence electrons. The first-order valence-corrected chi connectivity index (χ1v) is 5.57. The Balaban J connectivity index is 0.00000225. The fraction of sp³-hybridized carbons (Fsp3) is 0.308. The van der Waals surface area contributed by atoms with Gasteiger partial charge in [0, 0.05) is 38.5 Å². The second-order valence-electron chi connectivity index (χ2n) is 3.59. The van der Waals surface area contributed by atoms with Crippen LogP contribution < -0.4 is 0 Å². The second kappa shape index (κ2) is 9.10. The molecule has 0 heterocycles. The number of carbonyl (C=O) groups is 1. The molecule has 1 atom stereocenters. The summed E-state index contributed by atoms with van der Waals surface area (Å²) in [5, 5.41) is 0. The monoisotopic (exact) mass is 311 g/mol. The van der Waals surface area contributed by atoms with E-state index in [2.05, 4.69) is 18.6 Å². The molecule has 0 aliphatic carbocycles. The summed E-state index contributed by atoms with van der Waals surface area (Å²) in [7, 11) is 0. The molecule has 0 aliphatic heterocycles. The molecule has 1 aromatic carbocycles. The first kappa shape index (κ1) is 16.0. The van der Waals surface area contributed by atoms with Crippen LogP contribution in [0, 0.1) is 18.8 Å². The van der Waals surface area contributed by atoms with Gasteiger partial charge in [0.2, 0.25) is 0 Å². The van der Waals surface area contributed by atoms with Gasteiger partial charge in [-0.15, -0.1) is 30.2 Å². The van der Waals surface area contributed by atoms with E-state index in [-0.39, 0.29) is 50.3 Å². The van der Waals surface area contributed by atoms with E-state index in [0.717, 1.165) is 6.42 Å². The van der Waals surface area contributed by atoms with Crippen molar-refractivity contribution in [2.24, 2.45) is 5.92 Å². The molecule has 1 radical (unpaired) electrons. The van der Waals surface area contributed by atoms with Crippen molar-refractivity contribution in [2.45, 2.75) is 13.3 Å². The van der Waals surface area contributed by atoms with E-state index in [4.69, 9.17) is 11.6 Å². The molecule has 0 saturated carbocycles. The zero-order chi connectivity index (χ0) is 11.1. The predicted octanol–water partition coefficient (Wildman–Crippen LogP) is 3.27. The molecule has 0 N–H and O–H groups in total. The maximum Gasteiger partial charge on any atom is 0.0524 e. The fourth-order valence-corrected chi connectivity index (χ4v) is 1.43. The maximum absolute atomic E-state index is 11.0. The summed E-state index contributed by atoms with van der Waals surface area (Å²) < 4.78 is 0. The number of rotatable bonds is 6. The molecule has 0 amide bonds. The molecular weight excluding hydrogens is 297 g/mol. The second-order valence-corrected chi connectivity index (χ2v) is 3.86. The minimum absolute atomic E-state index is 0. The topological polar surface area (TPSA) is 17.1 Å². The summed E-state index contributed by atoms with van der Waals surface area (Å²) in [6.45, 7) is 2.02. The molecule has 0 aromatic heterocycles. The van der Waals surface area contributed by atoms with Crippen LogP contribution in [-0.2, 0) is 37.5 Å². The van der Waals surface area contributed by atoms with E-state index in [1.54, 1.807) is 6.42 Å². The van der Waals surface area contributed by atoms with Crippen molar-refractivity contribution in [2.75, 3.05) is 5.88 Å². The first-order valence-electron chi connectivity index (χ1n) is 5.04. The van der Waals surface area contributed by atoms with E-state index in [0.29, 0.717) is 0 Å². The number of benzene rings is 1. The van der Waals surface area contributed by atoms with Gasteiger partial charge in [-0.05, 0) is 0 Å². The number of carbonyl (C=O) groups excluding carboxylic acids is 1. The molecular formula is C13H15ClOY-2. The van der Waals surface area contributed by atoms with Crippen molar-refractivity contribution in [3.05, 3.63) is 48.7 Å². The van der Waals surface area contributed by atoms with E-state index in [1.807, 2.05) is 25.1 Å². The summed E-state index contributed by atoms with van der Waals surface area (Å²) in [5.41, 5.74) is 1.19. The Morgan fingerprint density at radius 2 is 2.00 bits per heavy atom. The number of halogens is 1. The Morgan fingerprint density at radius 1 is 1.38 bits per heavy atom. The molecule has 1 nitrogen and oxygen atoms in total. The smallest absolute Gasteiger partial charge is 0.0524 e. The molecule has 1 unspecified atom stereocenters. The Labute approximate surface area is 128 Å². The van der Waals surface area contributed by atoms with Crippen LogP contribution in [0.3, 0.4) is 0 Å². The SMILES string of the molecule is CC([CH-]C(=O)CCl)C[CH-]c1ccccc1.[Y]. The van der Waals surface area contributed by atoms with Crippen molar-refractivity contribution in [3.8, 4) is 0 Å². The van der Waals surface area contributed by atoms with E-state index >= 15 is 0 Å². The fourth-order valence-electron chi connectivity index (χ4n) is 1.34. The van der Waals surface area contributed by atoms with Crippen LogP contribution in [0.1, 0.15) is 18.9 Å². The Morgan fingerprint density at radius 3 is 2.56 bits per heavy atom. The van der Waals surface area contributed by atoms with Gasteiger partial charge >= 0.3 is 0 Å². The number of Topliss-reactive ketones (excluding diaryl/α,β-unsaturated/α-hetero) is 1. The van der Waals surface area contributed by atoms with Crippen LogP contribution >= 0.6 is 11.6 Å². The van der Waals surface area contributed by atoms with Crippen molar-refractivity contribution in [1.82, 2.24) is 0 Å². The van der Waals surface area contributed by atoms with Crippen molar-refractivity contribution < 1.29 is 37.5 Å². The van der Waals surface area contributed by atoms with Gasteiger partial charge in [0.05, 0.1) is 5.88 Å². The minimum atomic E-state index is 0. The van der Waals surface area contributed by atoms with Gasteiger partial charge in [0.1, 0.15) is 0 Å². The van der Waals surface area contributed by atoms with E-state index in [1.165, 1.54) is 5.56 Å².